The lowest BCUT2D eigenvalue weighted by Gasteiger charge is -2.18. The molecule has 0 aromatic heterocycles. The summed E-state index contributed by atoms with van der Waals surface area (Å²) in [6.45, 7) is 10.1. The summed E-state index contributed by atoms with van der Waals surface area (Å²) in [7, 11) is 0. The van der Waals surface area contributed by atoms with Gasteiger partial charge in [0.15, 0.2) is 6.04 Å². The van der Waals surface area contributed by atoms with Crippen LogP contribution in [0.1, 0.15) is 42.1 Å². The van der Waals surface area contributed by atoms with Crippen molar-refractivity contribution in [3.8, 4) is 0 Å². The number of amides is 1. The first-order chi connectivity index (χ1) is 11.3. The van der Waals surface area contributed by atoms with Crippen molar-refractivity contribution < 1.29 is 10.1 Å². The van der Waals surface area contributed by atoms with Crippen molar-refractivity contribution in [2.45, 2.75) is 46.7 Å². The predicted octanol–water partition coefficient (Wildman–Crippen LogP) is 3.92. The minimum absolute atomic E-state index is 0.0193. The van der Waals surface area contributed by atoms with E-state index in [2.05, 4.69) is 36.6 Å². The van der Waals surface area contributed by atoms with E-state index in [4.69, 9.17) is 11.6 Å². The second-order valence-electron chi connectivity index (χ2n) is 6.58. The standard InChI is InChI=1S/C20H25ClN2O/c1-12-10-13(2)19(14(3)11-12)23-20(24)16(5)22-15(4)17-6-8-18(21)9-7-17/h6-11,15-16,22H,1-5H3,(H,23,24)/p+1/t15-,16+/m1/s1. The third kappa shape index (κ3) is 4.59. The molecule has 3 N–H and O–H groups in total. The Labute approximate surface area is 149 Å². The molecule has 1 amide bonds. The monoisotopic (exact) mass is 345 g/mol. The molecule has 4 heteroatoms. The van der Waals surface area contributed by atoms with Gasteiger partial charge in [0.1, 0.15) is 6.04 Å². The molecule has 0 bridgehead atoms. The Balaban J connectivity index is 2.03. The average Bonchev–Trinajstić information content (AvgIpc) is 2.51. The van der Waals surface area contributed by atoms with E-state index in [1.807, 2.05) is 45.0 Å². The molecule has 0 fully saturated rings. The smallest absolute Gasteiger partial charge is 0.282 e. The normalized spacial score (nSPS) is 13.4. The molecule has 0 saturated carbocycles. The van der Waals surface area contributed by atoms with Gasteiger partial charge in [-0.2, -0.15) is 0 Å². The van der Waals surface area contributed by atoms with Gasteiger partial charge < -0.3 is 10.6 Å². The fourth-order valence-corrected chi connectivity index (χ4v) is 3.14. The Morgan fingerprint density at radius 2 is 1.58 bits per heavy atom. The molecule has 3 nitrogen and oxygen atoms in total. The zero-order chi connectivity index (χ0) is 17.9. The van der Waals surface area contributed by atoms with Crippen molar-refractivity contribution in [3.05, 3.63) is 63.7 Å². The van der Waals surface area contributed by atoms with Gasteiger partial charge in [0.05, 0.1) is 0 Å². The summed E-state index contributed by atoms with van der Waals surface area (Å²) in [4.78, 5) is 12.6. The zero-order valence-electron chi connectivity index (χ0n) is 15.0. The van der Waals surface area contributed by atoms with E-state index in [0.717, 1.165) is 27.4 Å². The highest BCUT2D eigenvalue weighted by atomic mass is 35.5. The minimum Gasteiger partial charge on any atom is -0.330 e. The molecule has 0 aliphatic rings. The molecule has 0 spiro atoms. The maximum Gasteiger partial charge on any atom is 0.282 e. The van der Waals surface area contributed by atoms with E-state index in [9.17, 15) is 4.79 Å². The quantitative estimate of drug-likeness (QED) is 0.847. The summed E-state index contributed by atoms with van der Waals surface area (Å²) in [6.07, 6.45) is 0. The molecule has 0 heterocycles. The van der Waals surface area contributed by atoms with E-state index in [0.29, 0.717) is 0 Å². The summed E-state index contributed by atoms with van der Waals surface area (Å²) in [5, 5.41) is 5.87. The Hall–Kier alpha value is -1.84. The lowest BCUT2D eigenvalue weighted by molar-refractivity contribution is -0.709. The SMILES string of the molecule is Cc1cc(C)c(NC(=O)[C@H](C)[NH2+][C@H](C)c2ccc(Cl)cc2)c(C)c1. The molecular weight excluding hydrogens is 320 g/mol. The highest BCUT2D eigenvalue weighted by molar-refractivity contribution is 6.30. The van der Waals surface area contributed by atoms with Gasteiger partial charge in [-0.25, -0.2) is 0 Å². The molecule has 0 radical (unpaired) electrons. The van der Waals surface area contributed by atoms with Gasteiger partial charge >= 0.3 is 0 Å². The first-order valence-electron chi connectivity index (χ1n) is 8.27. The van der Waals surface area contributed by atoms with E-state index in [1.54, 1.807) is 0 Å². The Morgan fingerprint density at radius 3 is 2.12 bits per heavy atom. The second kappa shape index (κ2) is 7.82. The number of quaternary nitrogens is 1. The van der Waals surface area contributed by atoms with Crippen LogP contribution in [0, 0.1) is 20.8 Å². The fraction of sp³-hybridized carbons (Fsp3) is 0.350. The number of carbonyl (C=O) groups is 1. The molecule has 128 valence electrons. The van der Waals surface area contributed by atoms with Gasteiger partial charge in [0.25, 0.3) is 5.91 Å². The maximum atomic E-state index is 12.6. The van der Waals surface area contributed by atoms with Crippen molar-refractivity contribution in [1.29, 1.82) is 0 Å². The molecule has 2 aromatic rings. The lowest BCUT2D eigenvalue weighted by atomic mass is 10.0. The fourth-order valence-electron chi connectivity index (χ4n) is 3.01. The zero-order valence-corrected chi connectivity index (χ0v) is 15.7. The van der Waals surface area contributed by atoms with Crippen LogP contribution in [0.3, 0.4) is 0 Å². The van der Waals surface area contributed by atoms with Crippen molar-refractivity contribution in [2.24, 2.45) is 0 Å². The van der Waals surface area contributed by atoms with E-state index >= 15 is 0 Å². The summed E-state index contributed by atoms with van der Waals surface area (Å²) in [5.74, 6) is 0.0193. The van der Waals surface area contributed by atoms with Crippen LogP contribution in [-0.4, -0.2) is 11.9 Å². The number of carbonyl (C=O) groups excluding carboxylic acids is 1. The summed E-state index contributed by atoms with van der Waals surface area (Å²) < 4.78 is 0. The summed E-state index contributed by atoms with van der Waals surface area (Å²) in [5.41, 5.74) is 5.48. The van der Waals surface area contributed by atoms with Crippen molar-refractivity contribution in [3.63, 3.8) is 0 Å². The number of rotatable bonds is 5. The van der Waals surface area contributed by atoms with E-state index in [1.165, 1.54) is 5.56 Å². The average molecular weight is 346 g/mol. The van der Waals surface area contributed by atoms with Crippen LogP contribution in [0.2, 0.25) is 5.02 Å². The molecule has 2 aromatic carbocycles. The Morgan fingerprint density at radius 1 is 1.04 bits per heavy atom. The predicted molar refractivity (Wildman–Crippen MR) is 101 cm³/mol. The van der Waals surface area contributed by atoms with E-state index < -0.39 is 0 Å². The molecule has 0 saturated heterocycles. The number of halogens is 1. The highest BCUT2D eigenvalue weighted by Gasteiger charge is 2.21. The van der Waals surface area contributed by atoms with Gasteiger partial charge in [-0.3, -0.25) is 4.79 Å². The summed E-state index contributed by atoms with van der Waals surface area (Å²) >= 11 is 5.93. The second-order valence-corrected chi connectivity index (χ2v) is 7.02. The van der Waals surface area contributed by atoms with Crippen LogP contribution in [0.5, 0.6) is 0 Å². The molecule has 24 heavy (non-hydrogen) atoms. The van der Waals surface area contributed by atoms with Crippen LogP contribution in [-0.2, 0) is 4.79 Å². The first-order valence-corrected chi connectivity index (χ1v) is 8.65. The Kier molecular flexibility index (Phi) is 6.03. The van der Waals surface area contributed by atoms with E-state index in [-0.39, 0.29) is 18.0 Å². The van der Waals surface area contributed by atoms with Gasteiger partial charge in [-0.05, 0) is 57.9 Å². The van der Waals surface area contributed by atoms with Crippen molar-refractivity contribution in [2.75, 3.05) is 5.32 Å². The number of nitrogens with two attached hydrogens (primary N) is 1. The Bertz CT molecular complexity index is 702. The highest BCUT2D eigenvalue weighted by Crippen LogP contribution is 2.22. The van der Waals surface area contributed by atoms with Gasteiger partial charge in [-0.15, -0.1) is 0 Å². The third-order valence-corrected chi connectivity index (χ3v) is 4.56. The van der Waals surface area contributed by atoms with Crippen molar-refractivity contribution in [1.82, 2.24) is 0 Å². The van der Waals surface area contributed by atoms with Crippen LogP contribution in [0.25, 0.3) is 0 Å². The number of anilines is 1. The van der Waals surface area contributed by atoms with Crippen LogP contribution >= 0.6 is 11.6 Å². The molecule has 0 unspecified atom stereocenters. The van der Waals surface area contributed by atoms with Crippen LogP contribution in [0.4, 0.5) is 5.69 Å². The topological polar surface area (TPSA) is 45.7 Å². The van der Waals surface area contributed by atoms with Crippen molar-refractivity contribution >= 4 is 23.2 Å². The molecular formula is C20H26ClN2O+. The molecule has 2 atom stereocenters. The largest absolute Gasteiger partial charge is 0.330 e. The third-order valence-electron chi connectivity index (χ3n) is 4.31. The van der Waals surface area contributed by atoms with Gasteiger partial charge in [0, 0.05) is 16.3 Å². The number of benzene rings is 2. The molecule has 2 rings (SSSR count). The lowest BCUT2D eigenvalue weighted by Crippen LogP contribution is -2.91. The van der Waals surface area contributed by atoms with Crippen LogP contribution < -0.4 is 10.6 Å². The number of aryl methyl sites for hydroxylation is 3. The molecule has 0 aliphatic carbocycles. The number of hydrogen-bond donors (Lipinski definition) is 2. The summed E-state index contributed by atoms with van der Waals surface area (Å²) in [6, 6.07) is 11.9. The van der Waals surface area contributed by atoms with Gasteiger partial charge in [0.2, 0.25) is 0 Å². The maximum absolute atomic E-state index is 12.6. The minimum atomic E-state index is -0.184. The van der Waals surface area contributed by atoms with Crippen LogP contribution in [0.15, 0.2) is 36.4 Å². The molecule has 0 aliphatic heterocycles. The van der Waals surface area contributed by atoms with Gasteiger partial charge in [-0.1, -0.05) is 41.4 Å². The number of nitrogens with one attached hydrogen (secondary N) is 1. The first kappa shape index (κ1) is 18.5. The number of hydrogen-bond acceptors (Lipinski definition) is 1.